The predicted molar refractivity (Wildman–Crippen MR) is 112 cm³/mol. The minimum atomic E-state index is -0.776. The highest BCUT2D eigenvalue weighted by Crippen LogP contribution is 2.53. The summed E-state index contributed by atoms with van der Waals surface area (Å²) in [5.74, 6) is 3.50. The van der Waals surface area contributed by atoms with Gasteiger partial charge in [-0.25, -0.2) is 0 Å². The molecule has 3 rings (SSSR count). The second-order valence-corrected chi connectivity index (χ2v) is 9.05. The summed E-state index contributed by atoms with van der Waals surface area (Å²) in [6.07, 6.45) is 6.24. The van der Waals surface area contributed by atoms with Crippen molar-refractivity contribution >= 4 is 18.5 Å². The predicted octanol–water partition coefficient (Wildman–Crippen LogP) is 4.49. The molecule has 0 heterocycles. The molecule has 1 saturated carbocycles. The standard InChI is InChI=1S/C22H29O4P/c1-23-17-12-8-13-18(24-2)21(17)27(16-10-6-5-7-11-16)22-19(25-3)14-9-15-20(22)26-4/h8-9,12-16H,5-7,10-11H2,1-4H3. The van der Waals surface area contributed by atoms with Crippen LogP contribution in [0.3, 0.4) is 0 Å². The minimum absolute atomic E-state index is 0.546. The van der Waals surface area contributed by atoms with Gasteiger partial charge in [-0.2, -0.15) is 0 Å². The second kappa shape index (κ2) is 9.32. The molecule has 5 heteroatoms. The van der Waals surface area contributed by atoms with E-state index in [2.05, 4.69) is 0 Å². The van der Waals surface area contributed by atoms with Gasteiger partial charge in [-0.3, -0.25) is 0 Å². The van der Waals surface area contributed by atoms with Gasteiger partial charge in [0.2, 0.25) is 0 Å². The smallest absolute Gasteiger partial charge is 0.130 e. The van der Waals surface area contributed by atoms with E-state index in [1.807, 2.05) is 36.4 Å². The molecule has 4 nitrogen and oxygen atoms in total. The highest BCUT2D eigenvalue weighted by molar-refractivity contribution is 7.74. The van der Waals surface area contributed by atoms with Crippen LogP contribution < -0.4 is 29.6 Å². The lowest BCUT2D eigenvalue weighted by Crippen LogP contribution is -2.27. The fourth-order valence-electron chi connectivity index (χ4n) is 3.95. The van der Waals surface area contributed by atoms with Crippen LogP contribution in [0, 0.1) is 0 Å². The van der Waals surface area contributed by atoms with E-state index in [4.69, 9.17) is 18.9 Å². The van der Waals surface area contributed by atoms with E-state index >= 15 is 0 Å². The van der Waals surface area contributed by atoms with Gasteiger partial charge in [-0.1, -0.05) is 31.4 Å². The van der Waals surface area contributed by atoms with Crippen LogP contribution in [0.25, 0.3) is 0 Å². The third-order valence-electron chi connectivity index (χ3n) is 5.23. The summed E-state index contributed by atoms with van der Waals surface area (Å²) in [5, 5.41) is 2.29. The van der Waals surface area contributed by atoms with Crippen LogP contribution >= 0.6 is 7.92 Å². The fraction of sp³-hybridized carbons (Fsp3) is 0.455. The first-order valence-electron chi connectivity index (χ1n) is 9.46. The molecule has 0 N–H and O–H groups in total. The van der Waals surface area contributed by atoms with E-state index in [1.54, 1.807) is 28.4 Å². The number of hydrogen-bond donors (Lipinski definition) is 0. The molecule has 0 bridgehead atoms. The van der Waals surface area contributed by atoms with E-state index in [-0.39, 0.29) is 0 Å². The molecule has 2 aromatic carbocycles. The average molecular weight is 388 g/mol. The fourth-order valence-corrected chi connectivity index (χ4v) is 7.40. The molecule has 0 atom stereocenters. The van der Waals surface area contributed by atoms with Gasteiger partial charge in [0, 0.05) is 0 Å². The van der Waals surface area contributed by atoms with Crippen molar-refractivity contribution in [1.82, 2.24) is 0 Å². The van der Waals surface area contributed by atoms with Gasteiger partial charge in [0.05, 0.1) is 39.0 Å². The quantitative estimate of drug-likeness (QED) is 0.655. The molecule has 0 spiro atoms. The van der Waals surface area contributed by atoms with Gasteiger partial charge in [0.1, 0.15) is 23.0 Å². The summed E-state index contributed by atoms with van der Waals surface area (Å²) in [4.78, 5) is 0. The van der Waals surface area contributed by atoms with Gasteiger partial charge >= 0.3 is 0 Å². The Bertz CT molecular complexity index is 656. The number of benzene rings is 2. The maximum atomic E-state index is 5.78. The third kappa shape index (κ3) is 4.01. The van der Waals surface area contributed by atoms with Crippen LogP contribution in [0.2, 0.25) is 0 Å². The van der Waals surface area contributed by atoms with E-state index in [1.165, 1.54) is 32.1 Å². The summed E-state index contributed by atoms with van der Waals surface area (Å²) in [6, 6.07) is 12.1. The first kappa shape index (κ1) is 19.8. The molecule has 0 amide bonds. The summed E-state index contributed by atoms with van der Waals surface area (Å²) in [5.41, 5.74) is 0.546. The molecular weight excluding hydrogens is 359 g/mol. The molecule has 146 valence electrons. The maximum absolute atomic E-state index is 5.78. The lowest BCUT2D eigenvalue weighted by Gasteiger charge is -2.34. The second-order valence-electron chi connectivity index (χ2n) is 6.68. The zero-order chi connectivity index (χ0) is 19.2. The Kier molecular flexibility index (Phi) is 6.84. The molecule has 0 aromatic heterocycles. The summed E-state index contributed by atoms with van der Waals surface area (Å²) in [6.45, 7) is 0. The van der Waals surface area contributed by atoms with Crippen LogP contribution in [0.5, 0.6) is 23.0 Å². The molecule has 0 saturated heterocycles. The number of rotatable bonds is 7. The normalized spacial score (nSPS) is 14.9. The van der Waals surface area contributed by atoms with Crippen molar-refractivity contribution in [2.24, 2.45) is 0 Å². The Morgan fingerprint density at radius 3 is 1.33 bits per heavy atom. The lowest BCUT2D eigenvalue weighted by atomic mass is 10.0. The van der Waals surface area contributed by atoms with Crippen LogP contribution in [0.15, 0.2) is 36.4 Å². The Balaban J connectivity index is 2.26. The van der Waals surface area contributed by atoms with E-state index in [0.29, 0.717) is 5.66 Å². The average Bonchev–Trinajstić information content (AvgIpc) is 2.74. The molecule has 0 unspecified atom stereocenters. The zero-order valence-electron chi connectivity index (χ0n) is 16.7. The molecule has 1 aliphatic rings. The topological polar surface area (TPSA) is 36.9 Å². The largest absolute Gasteiger partial charge is 0.496 e. The summed E-state index contributed by atoms with van der Waals surface area (Å²) >= 11 is 0. The van der Waals surface area contributed by atoms with Crippen LogP contribution in [-0.2, 0) is 0 Å². The van der Waals surface area contributed by atoms with Crippen molar-refractivity contribution in [2.45, 2.75) is 37.8 Å². The van der Waals surface area contributed by atoms with Gasteiger partial charge in [0.15, 0.2) is 0 Å². The Hall–Kier alpha value is -1.93. The maximum Gasteiger partial charge on any atom is 0.130 e. The SMILES string of the molecule is COc1cccc(OC)c1P(c1c(OC)cccc1OC)C1CCCCC1. The van der Waals surface area contributed by atoms with Crippen molar-refractivity contribution in [2.75, 3.05) is 28.4 Å². The molecule has 27 heavy (non-hydrogen) atoms. The molecule has 0 radical (unpaired) electrons. The highest BCUT2D eigenvalue weighted by atomic mass is 31.1. The van der Waals surface area contributed by atoms with Crippen molar-refractivity contribution in [3.8, 4) is 23.0 Å². The third-order valence-corrected chi connectivity index (χ3v) is 8.32. The molecule has 1 aliphatic carbocycles. The van der Waals surface area contributed by atoms with Crippen LogP contribution in [-0.4, -0.2) is 34.1 Å². The Morgan fingerprint density at radius 1 is 0.630 bits per heavy atom. The van der Waals surface area contributed by atoms with Crippen LogP contribution in [0.1, 0.15) is 32.1 Å². The van der Waals surface area contributed by atoms with E-state index in [9.17, 15) is 0 Å². The Morgan fingerprint density at radius 2 is 1.00 bits per heavy atom. The number of methoxy groups -OCH3 is 4. The first-order valence-corrected chi connectivity index (χ1v) is 10.9. The zero-order valence-corrected chi connectivity index (χ0v) is 17.6. The molecule has 1 fully saturated rings. The van der Waals surface area contributed by atoms with Gasteiger partial charge in [-0.05, 0) is 50.7 Å². The highest BCUT2D eigenvalue weighted by Gasteiger charge is 2.35. The summed E-state index contributed by atoms with van der Waals surface area (Å²) < 4.78 is 23.1. The first-order chi connectivity index (χ1) is 13.2. The monoisotopic (exact) mass is 388 g/mol. The summed E-state index contributed by atoms with van der Waals surface area (Å²) in [7, 11) is 6.14. The number of ether oxygens (including phenoxy) is 4. The van der Waals surface area contributed by atoms with Gasteiger partial charge in [0.25, 0.3) is 0 Å². The molecular formula is C22H29O4P. The van der Waals surface area contributed by atoms with Crippen molar-refractivity contribution in [3.05, 3.63) is 36.4 Å². The molecule has 2 aromatic rings. The number of hydrogen-bond acceptors (Lipinski definition) is 4. The minimum Gasteiger partial charge on any atom is -0.496 e. The van der Waals surface area contributed by atoms with Gasteiger partial charge < -0.3 is 18.9 Å². The van der Waals surface area contributed by atoms with E-state index < -0.39 is 7.92 Å². The van der Waals surface area contributed by atoms with Crippen LogP contribution in [0.4, 0.5) is 0 Å². The van der Waals surface area contributed by atoms with Crippen molar-refractivity contribution in [1.29, 1.82) is 0 Å². The van der Waals surface area contributed by atoms with Crippen molar-refractivity contribution in [3.63, 3.8) is 0 Å². The van der Waals surface area contributed by atoms with Crippen molar-refractivity contribution < 1.29 is 18.9 Å². The lowest BCUT2D eigenvalue weighted by molar-refractivity contribution is 0.398. The Labute approximate surface area is 163 Å². The molecule has 0 aliphatic heterocycles. The van der Waals surface area contributed by atoms with Gasteiger partial charge in [-0.15, -0.1) is 0 Å². The van der Waals surface area contributed by atoms with E-state index in [0.717, 1.165) is 33.6 Å².